The van der Waals surface area contributed by atoms with Gasteiger partial charge in [0.15, 0.2) is 7.14 Å². The summed E-state index contributed by atoms with van der Waals surface area (Å²) in [5, 5.41) is 5.46. The highest BCUT2D eigenvalue weighted by molar-refractivity contribution is 7.85. The summed E-state index contributed by atoms with van der Waals surface area (Å²) < 4.78 is 21.1. The SMILES string of the molecule is O=P(c1ccccc1)(c1ccccc1)c1ccc2oc3ccc(-c4ccc5ccccc5n4)cc3c2c1. The van der Waals surface area contributed by atoms with Gasteiger partial charge in [0.25, 0.3) is 0 Å². The summed E-state index contributed by atoms with van der Waals surface area (Å²) in [5.74, 6) is 0. The Labute approximate surface area is 214 Å². The maximum Gasteiger partial charge on any atom is 0.171 e. The van der Waals surface area contributed by atoms with Crippen molar-refractivity contribution >= 4 is 55.9 Å². The van der Waals surface area contributed by atoms with Gasteiger partial charge in [-0.25, -0.2) is 4.98 Å². The molecule has 0 aliphatic rings. The fraction of sp³-hybridized carbons (Fsp3) is 0. The molecule has 5 aromatic carbocycles. The van der Waals surface area contributed by atoms with Gasteiger partial charge >= 0.3 is 0 Å². The molecule has 0 bridgehead atoms. The number of nitrogens with zero attached hydrogens (tertiary/aromatic N) is 1. The molecule has 0 aliphatic heterocycles. The number of para-hydroxylation sites is 1. The summed E-state index contributed by atoms with van der Waals surface area (Å²) in [7, 11) is -3.09. The van der Waals surface area contributed by atoms with Crippen LogP contribution in [0.4, 0.5) is 0 Å². The van der Waals surface area contributed by atoms with Crippen LogP contribution in [-0.4, -0.2) is 4.98 Å². The molecule has 0 unspecified atom stereocenters. The monoisotopic (exact) mass is 495 g/mol. The molecule has 0 spiro atoms. The minimum absolute atomic E-state index is 0.773. The standard InChI is InChI=1S/C33H22NO2P/c35-37(25-10-3-1-4-11-25,26-12-5-2-6-13-26)27-17-20-33-29(22-27)28-21-24(16-19-32(28)36-33)31-18-15-23-9-7-8-14-30(23)34-31/h1-22H. The number of fused-ring (bicyclic) bond motifs is 4. The van der Waals surface area contributed by atoms with E-state index in [1.165, 1.54) is 0 Å². The molecule has 0 amide bonds. The van der Waals surface area contributed by atoms with Gasteiger partial charge in [0.05, 0.1) is 11.2 Å². The number of hydrogen-bond acceptors (Lipinski definition) is 3. The van der Waals surface area contributed by atoms with E-state index in [9.17, 15) is 4.57 Å². The summed E-state index contributed by atoms with van der Waals surface area (Å²) in [6.07, 6.45) is 0. The van der Waals surface area contributed by atoms with E-state index in [4.69, 9.17) is 9.40 Å². The zero-order chi connectivity index (χ0) is 24.8. The largest absolute Gasteiger partial charge is 0.456 e. The van der Waals surface area contributed by atoms with Crippen LogP contribution in [0.2, 0.25) is 0 Å². The van der Waals surface area contributed by atoms with Crippen molar-refractivity contribution in [3.63, 3.8) is 0 Å². The second-order valence-electron chi connectivity index (χ2n) is 9.16. The molecule has 2 heterocycles. The van der Waals surface area contributed by atoms with Gasteiger partial charge in [-0.3, -0.25) is 0 Å². The van der Waals surface area contributed by atoms with E-state index in [0.717, 1.165) is 60.0 Å². The topological polar surface area (TPSA) is 43.1 Å². The third kappa shape index (κ3) is 3.59. The van der Waals surface area contributed by atoms with Crippen molar-refractivity contribution in [3.05, 3.63) is 133 Å². The van der Waals surface area contributed by atoms with E-state index >= 15 is 0 Å². The van der Waals surface area contributed by atoms with Crippen molar-refractivity contribution in [1.29, 1.82) is 0 Å². The van der Waals surface area contributed by atoms with Crippen molar-refractivity contribution in [2.75, 3.05) is 0 Å². The highest BCUT2D eigenvalue weighted by atomic mass is 31.2. The van der Waals surface area contributed by atoms with E-state index in [1.807, 2.05) is 109 Å². The van der Waals surface area contributed by atoms with Crippen LogP contribution in [0.3, 0.4) is 0 Å². The molecule has 0 saturated heterocycles. The molecule has 0 saturated carbocycles. The van der Waals surface area contributed by atoms with Crippen LogP contribution < -0.4 is 15.9 Å². The lowest BCUT2D eigenvalue weighted by Gasteiger charge is -2.20. The van der Waals surface area contributed by atoms with Gasteiger partial charge in [-0.2, -0.15) is 0 Å². The van der Waals surface area contributed by atoms with Crippen molar-refractivity contribution in [1.82, 2.24) is 4.98 Å². The van der Waals surface area contributed by atoms with Crippen LogP contribution in [0.25, 0.3) is 44.1 Å². The van der Waals surface area contributed by atoms with Crippen LogP contribution in [0, 0.1) is 0 Å². The van der Waals surface area contributed by atoms with Gasteiger partial charge < -0.3 is 8.98 Å². The number of hydrogen-bond donors (Lipinski definition) is 0. The van der Waals surface area contributed by atoms with Crippen LogP contribution >= 0.6 is 7.14 Å². The Hall–Kier alpha value is -4.46. The zero-order valence-electron chi connectivity index (χ0n) is 19.9. The van der Waals surface area contributed by atoms with Gasteiger partial charge in [0.2, 0.25) is 0 Å². The summed E-state index contributed by atoms with van der Waals surface area (Å²) in [5.41, 5.74) is 4.46. The first-order valence-electron chi connectivity index (χ1n) is 12.2. The molecule has 7 aromatic rings. The summed E-state index contributed by atoms with van der Waals surface area (Å²) in [6, 6.07) is 43.9. The second kappa shape index (κ2) is 8.58. The Morgan fingerprint density at radius 1 is 0.541 bits per heavy atom. The minimum atomic E-state index is -3.09. The van der Waals surface area contributed by atoms with Crippen molar-refractivity contribution in [2.45, 2.75) is 0 Å². The van der Waals surface area contributed by atoms with Gasteiger partial charge in [-0.05, 0) is 48.5 Å². The Kier molecular flexibility index (Phi) is 5.06. The molecular formula is C33H22NO2P. The van der Waals surface area contributed by atoms with E-state index in [-0.39, 0.29) is 0 Å². The molecule has 4 heteroatoms. The highest BCUT2D eigenvalue weighted by Crippen LogP contribution is 2.43. The van der Waals surface area contributed by atoms with Crippen LogP contribution in [0.15, 0.2) is 138 Å². The van der Waals surface area contributed by atoms with E-state index < -0.39 is 7.14 Å². The quantitative estimate of drug-likeness (QED) is 0.238. The Balaban J connectivity index is 1.43. The van der Waals surface area contributed by atoms with Gasteiger partial charge in [0.1, 0.15) is 11.2 Å². The fourth-order valence-electron chi connectivity index (χ4n) is 5.07. The van der Waals surface area contributed by atoms with Crippen LogP contribution in [0.1, 0.15) is 0 Å². The maximum atomic E-state index is 14.9. The van der Waals surface area contributed by atoms with Gasteiger partial charge in [0, 0.05) is 37.6 Å². The first kappa shape index (κ1) is 21.8. The third-order valence-electron chi connectivity index (χ3n) is 6.95. The number of benzene rings is 5. The average Bonchev–Trinajstić information content (AvgIpc) is 3.34. The lowest BCUT2D eigenvalue weighted by molar-refractivity contribution is 0.592. The normalized spacial score (nSPS) is 11.9. The number of aromatic nitrogens is 1. The average molecular weight is 496 g/mol. The third-order valence-corrected chi connectivity index (χ3v) is 10.0. The summed E-state index contributed by atoms with van der Waals surface area (Å²) in [4.78, 5) is 4.88. The molecule has 7 rings (SSSR count). The predicted octanol–water partition coefficient (Wildman–Crippen LogP) is 7.44. The van der Waals surface area contributed by atoms with E-state index in [1.54, 1.807) is 0 Å². The van der Waals surface area contributed by atoms with Crippen LogP contribution in [-0.2, 0) is 4.57 Å². The Bertz CT molecular complexity index is 1920. The van der Waals surface area contributed by atoms with E-state index in [0.29, 0.717) is 0 Å². The fourth-order valence-corrected chi connectivity index (χ4v) is 7.74. The summed E-state index contributed by atoms with van der Waals surface area (Å²) in [6.45, 7) is 0. The van der Waals surface area contributed by atoms with Gasteiger partial charge in [-0.15, -0.1) is 0 Å². The molecule has 0 atom stereocenters. The minimum Gasteiger partial charge on any atom is -0.456 e. The van der Waals surface area contributed by atoms with Crippen LogP contribution in [0.5, 0.6) is 0 Å². The number of furan rings is 1. The van der Waals surface area contributed by atoms with E-state index in [2.05, 4.69) is 24.3 Å². The van der Waals surface area contributed by atoms with Crippen molar-refractivity contribution in [3.8, 4) is 11.3 Å². The second-order valence-corrected chi connectivity index (χ2v) is 11.9. The first-order valence-corrected chi connectivity index (χ1v) is 14.0. The smallest absolute Gasteiger partial charge is 0.171 e. The number of pyridine rings is 1. The molecule has 3 nitrogen and oxygen atoms in total. The highest BCUT2D eigenvalue weighted by Gasteiger charge is 2.30. The molecule has 37 heavy (non-hydrogen) atoms. The predicted molar refractivity (Wildman–Crippen MR) is 154 cm³/mol. The maximum absolute atomic E-state index is 14.9. The number of rotatable bonds is 4. The molecule has 0 fully saturated rings. The Morgan fingerprint density at radius 3 is 1.89 bits per heavy atom. The lowest BCUT2D eigenvalue weighted by Crippen LogP contribution is -2.24. The molecular weight excluding hydrogens is 473 g/mol. The summed E-state index contributed by atoms with van der Waals surface area (Å²) >= 11 is 0. The van der Waals surface area contributed by atoms with Crippen molar-refractivity contribution in [2.24, 2.45) is 0 Å². The molecule has 0 aliphatic carbocycles. The van der Waals surface area contributed by atoms with Gasteiger partial charge in [-0.1, -0.05) is 84.9 Å². The first-order chi connectivity index (χ1) is 18.2. The lowest BCUT2D eigenvalue weighted by atomic mass is 10.1. The molecule has 0 radical (unpaired) electrons. The van der Waals surface area contributed by atoms with Crippen molar-refractivity contribution < 1.29 is 8.98 Å². The Morgan fingerprint density at radius 2 is 1.16 bits per heavy atom. The molecule has 176 valence electrons. The molecule has 2 aromatic heterocycles. The molecule has 0 N–H and O–H groups in total. The zero-order valence-corrected chi connectivity index (χ0v) is 20.8.